The Morgan fingerprint density at radius 3 is 2.76 bits per heavy atom. The second kappa shape index (κ2) is 5.89. The highest BCUT2D eigenvalue weighted by molar-refractivity contribution is 5.40. The van der Waals surface area contributed by atoms with Gasteiger partial charge in [0.2, 0.25) is 0 Å². The summed E-state index contributed by atoms with van der Waals surface area (Å²) < 4.78 is 16.3. The van der Waals surface area contributed by atoms with Crippen molar-refractivity contribution in [1.82, 2.24) is 0 Å². The van der Waals surface area contributed by atoms with Crippen LogP contribution >= 0.6 is 0 Å². The monoisotopic (exact) mass is 238 g/mol. The van der Waals surface area contributed by atoms with Crippen LogP contribution in [0, 0.1) is 0 Å². The smallest absolute Gasteiger partial charge is 0.128 e. The van der Waals surface area contributed by atoms with Crippen molar-refractivity contribution in [2.45, 2.75) is 25.6 Å². The topological polar surface area (TPSA) is 47.9 Å². The van der Waals surface area contributed by atoms with Crippen LogP contribution in [0.3, 0.4) is 0 Å². The molecule has 1 aromatic rings. The van der Waals surface area contributed by atoms with Crippen LogP contribution in [0.2, 0.25) is 0 Å². The van der Waals surface area contributed by atoms with E-state index < -0.39 is 0 Å². The summed E-state index contributed by atoms with van der Waals surface area (Å²) in [5, 5.41) is 9.27. The van der Waals surface area contributed by atoms with Crippen molar-refractivity contribution in [1.29, 1.82) is 0 Å². The molecule has 2 rings (SSSR count). The summed E-state index contributed by atoms with van der Waals surface area (Å²) >= 11 is 0. The average molecular weight is 238 g/mol. The first kappa shape index (κ1) is 12.2. The second-order valence-corrected chi connectivity index (χ2v) is 4.06. The number of ether oxygens (including phenoxy) is 3. The molecule has 0 spiro atoms. The number of benzene rings is 1. The lowest BCUT2D eigenvalue weighted by molar-refractivity contribution is 0.0247. The number of rotatable bonds is 4. The average Bonchev–Trinajstić information content (AvgIpc) is 2.40. The number of hydrogen-bond donors (Lipinski definition) is 1. The van der Waals surface area contributed by atoms with Crippen LogP contribution in [-0.4, -0.2) is 31.5 Å². The normalized spacial score (nSPS) is 16.8. The number of aliphatic hydroxyl groups excluding tert-OH is 1. The molecule has 0 atom stereocenters. The number of aliphatic hydroxyl groups is 1. The molecule has 1 heterocycles. The second-order valence-electron chi connectivity index (χ2n) is 4.06. The van der Waals surface area contributed by atoms with E-state index in [1.807, 2.05) is 18.2 Å². The van der Waals surface area contributed by atoms with Crippen LogP contribution in [-0.2, 0) is 11.3 Å². The third kappa shape index (κ3) is 3.11. The Hall–Kier alpha value is -1.26. The van der Waals surface area contributed by atoms with Gasteiger partial charge in [-0.05, 0) is 12.1 Å². The van der Waals surface area contributed by atoms with Gasteiger partial charge in [-0.15, -0.1) is 0 Å². The Balaban J connectivity index is 2.11. The van der Waals surface area contributed by atoms with Gasteiger partial charge in [-0.2, -0.15) is 0 Å². The fraction of sp³-hybridized carbons (Fsp3) is 0.538. The van der Waals surface area contributed by atoms with Gasteiger partial charge in [-0.3, -0.25) is 0 Å². The van der Waals surface area contributed by atoms with E-state index in [1.165, 1.54) is 0 Å². The van der Waals surface area contributed by atoms with E-state index in [-0.39, 0.29) is 12.7 Å². The quantitative estimate of drug-likeness (QED) is 0.868. The molecule has 1 fully saturated rings. The van der Waals surface area contributed by atoms with Gasteiger partial charge >= 0.3 is 0 Å². The maximum atomic E-state index is 9.27. The molecule has 1 aliphatic heterocycles. The van der Waals surface area contributed by atoms with Gasteiger partial charge in [-0.25, -0.2) is 0 Å². The third-order valence-corrected chi connectivity index (χ3v) is 2.91. The van der Waals surface area contributed by atoms with Crippen LogP contribution in [0.25, 0.3) is 0 Å². The minimum absolute atomic E-state index is 0.0253. The maximum Gasteiger partial charge on any atom is 0.128 e. The van der Waals surface area contributed by atoms with Crippen molar-refractivity contribution < 1.29 is 19.3 Å². The fourth-order valence-electron chi connectivity index (χ4n) is 1.88. The summed E-state index contributed by atoms with van der Waals surface area (Å²) in [6.07, 6.45) is 1.95. The third-order valence-electron chi connectivity index (χ3n) is 2.91. The summed E-state index contributed by atoms with van der Waals surface area (Å²) in [4.78, 5) is 0. The standard InChI is InChI=1S/C13H18O4/c1-15-12-3-2-10(9-14)13(8-12)17-11-4-6-16-7-5-11/h2-3,8,11,14H,4-7,9H2,1H3. The Morgan fingerprint density at radius 2 is 2.12 bits per heavy atom. The molecule has 0 aliphatic carbocycles. The zero-order chi connectivity index (χ0) is 12.1. The molecule has 4 nitrogen and oxygen atoms in total. The Kier molecular flexibility index (Phi) is 4.23. The van der Waals surface area contributed by atoms with Crippen LogP contribution in [0.5, 0.6) is 11.5 Å². The molecule has 0 radical (unpaired) electrons. The molecule has 17 heavy (non-hydrogen) atoms. The van der Waals surface area contributed by atoms with Gasteiger partial charge in [0.25, 0.3) is 0 Å². The highest BCUT2D eigenvalue weighted by atomic mass is 16.5. The van der Waals surface area contributed by atoms with E-state index >= 15 is 0 Å². The van der Waals surface area contributed by atoms with Crippen molar-refractivity contribution in [3.8, 4) is 11.5 Å². The minimum Gasteiger partial charge on any atom is -0.497 e. The Labute approximate surface area is 101 Å². The van der Waals surface area contributed by atoms with Crippen LogP contribution in [0.1, 0.15) is 18.4 Å². The summed E-state index contributed by atoms with van der Waals surface area (Å²) in [7, 11) is 1.62. The molecule has 94 valence electrons. The molecule has 4 heteroatoms. The lowest BCUT2D eigenvalue weighted by atomic mass is 10.1. The van der Waals surface area contributed by atoms with Crippen molar-refractivity contribution in [2.75, 3.05) is 20.3 Å². The van der Waals surface area contributed by atoms with Crippen molar-refractivity contribution in [2.24, 2.45) is 0 Å². The predicted octanol–water partition coefficient (Wildman–Crippen LogP) is 1.75. The first-order chi connectivity index (χ1) is 8.33. The van der Waals surface area contributed by atoms with Gasteiger partial charge < -0.3 is 19.3 Å². The van der Waals surface area contributed by atoms with Crippen LogP contribution < -0.4 is 9.47 Å². The van der Waals surface area contributed by atoms with Crippen LogP contribution in [0.4, 0.5) is 0 Å². The summed E-state index contributed by atoms with van der Waals surface area (Å²) in [5.74, 6) is 1.45. The summed E-state index contributed by atoms with van der Waals surface area (Å²) in [6.45, 7) is 1.45. The van der Waals surface area contributed by atoms with Crippen molar-refractivity contribution >= 4 is 0 Å². The van der Waals surface area contributed by atoms with Crippen LogP contribution in [0.15, 0.2) is 18.2 Å². The SMILES string of the molecule is COc1ccc(CO)c(OC2CCOCC2)c1. The molecule has 0 bridgehead atoms. The molecular weight excluding hydrogens is 220 g/mol. The first-order valence-electron chi connectivity index (χ1n) is 5.85. The largest absolute Gasteiger partial charge is 0.497 e. The fourth-order valence-corrected chi connectivity index (χ4v) is 1.88. The Morgan fingerprint density at radius 1 is 1.35 bits per heavy atom. The number of methoxy groups -OCH3 is 1. The predicted molar refractivity (Wildman–Crippen MR) is 63.4 cm³/mol. The van der Waals surface area contributed by atoms with Crippen molar-refractivity contribution in [3.05, 3.63) is 23.8 Å². The molecule has 1 N–H and O–H groups in total. The van der Waals surface area contributed by atoms with Gasteiger partial charge in [0, 0.05) is 24.5 Å². The highest BCUT2D eigenvalue weighted by Crippen LogP contribution is 2.27. The zero-order valence-electron chi connectivity index (χ0n) is 10.0. The molecule has 0 amide bonds. The van der Waals surface area contributed by atoms with Crippen molar-refractivity contribution in [3.63, 3.8) is 0 Å². The van der Waals surface area contributed by atoms with E-state index in [2.05, 4.69) is 0 Å². The molecule has 0 saturated carbocycles. The van der Waals surface area contributed by atoms with E-state index in [1.54, 1.807) is 7.11 Å². The van der Waals surface area contributed by atoms with E-state index in [4.69, 9.17) is 14.2 Å². The first-order valence-corrected chi connectivity index (χ1v) is 5.85. The van der Waals surface area contributed by atoms with Gasteiger partial charge in [0.15, 0.2) is 0 Å². The minimum atomic E-state index is -0.0253. The van der Waals surface area contributed by atoms with E-state index in [0.717, 1.165) is 37.4 Å². The number of hydrogen-bond acceptors (Lipinski definition) is 4. The highest BCUT2D eigenvalue weighted by Gasteiger charge is 2.17. The van der Waals surface area contributed by atoms with E-state index in [0.29, 0.717) is 5.75 Å². The molecule has 1 aromatic carbocycles. The van der Waals surface area contributed by atoms with E-state index in [9.17, 15) is 5.11 Å². The molecule has 0 aromatic heterocycles. The van der Waals surface area contributed by atoms with Gasteiger partial charge in [-0.1, -0.05) is 0 Å². The summed E-state index contributed by atoms with van der Waals surface area (Å²) in [5.41, 5.74) is 0.789. The summed E-state index contributed by atoms with van der Waals surface area (Å²) in [6, 6.07) is 5.47. The zero-order valence-corrected chi connectivity index (χ0v) is 10.0. The molecule has 1 saturated heterocycles. The Bertz CT molecular complexity index is 358. The molecular formula is C13H18O4. The molecule has 0 unspecified atom stereocenters. The maximum absolute atomic E-state index is 9.27. The molecule has 1 aliphatic rings. The lowest BCUT2D eigenvalue weighted by Gasteiger charge is -2.24. The van der Waals surface area contributed by atoms with Gasteiger partial charge in [0.05, 0.1) is 26.9 Å². The lowest BCUT2D eigenvalue weighted by Crippen LogP contribution is -2.26. The van der Waals surface area contributed by atoms with Gasteiger partial charge in [0.1, 0.15) is 17.6 Å².